The molecule has 0 saturated heterocycles. The number of aryl methyl sites for hydroxylation is 1. The van der Waals surface area contributed by atoms with Gasteiger partial charge in [-0.2, -0.15) is 5.26 Å². The first-order valence-electron chi connectivity index (χ1n) is 8.83. The number of furan rings is 1. The number of ether oxygens (including phenoxy) is 1. The van der Waals surface area contributed by atoms with E-state index in [1.165, 1.54) is 31.4 Å². The van der Waals surface area contributed by atoms with Crippen LogP contribution >= 0.6 is 0 Å². The van der Waals surface area contributed by atoms with Gasteiger partial charge in [-0.3, -0.25) is 14.9 Å². The molecule has 3 aromatic rings. The molecule has 1 amide bonds. The molecule has 150 valence electrons. The van der Waals surface area contributed by atoms with Gasteiger partial charge < -0.3 is 14.5 Å². The average Bonchev–Trinajstić information content (AvgIpc) is 3.21. The van der Waals surface area contributed by atoms with E-state index in [0.29, 0.717) is 22.8 Å². The third-order valence-electron chi connectivity index (χ3n) is 4.25. The summed E-state index contributed by atoms with van der Waals surface area (Å²) in [5, 5.41) is 23.1. The van der Waals surface area contributed by atoms with E-state index in [-0.39, 0.29) is 17.0 Å². The van der Waals surface area contributed by atoms with Gasteiger partial charge in [-0.1, -0.05) is 17.7 Å². The van der Waals surface area contributed by atoms with Crippen molar-refractivity contribution in [3.63, 3.8) is 0 Å². The van der Waals surface area contributed by atoms with Gasteiger partial charge in [0.25, 0.3) is 11.6 Å². The van der Waals surface area contributed by atoms with Crippen LogP contribution in [-0.2, 0) is 4.79 Å². The molecule has 0 radical (unpaired) electrons. The fourth-order valence-corrected chi connectivity index (χ4v) is 2.70. The van der Waals surface area contributed by atoms with Crippen LogP contribution in [0.15, 0.2) is 64.6 Å². The number of hydrogen-bond acceptors (Lipinski definition) is 6. The second-order valence-corrected chi connectivity index (χ2v) is 6.33. The van der Waals surface area contributed by atoms with E-state index in [9.17, 15) is 20.2 Å². The summed E-state index contributed by atoms with van der Waals surface area (Å²) in [6, 6.07) is 16.3. The maximum Gasteiger partial charge on any atom is 0.270 e. The van der Waals surface area contributed by atoms with Crippen molar-refractivity contribution in [3.8, 4) is 23.1 Å². The Morgan fingerprint density at radius 3 is 2.57 bits per heavy atom. The van der Waals surface area contributed by atoms with Crippen molar-refractivity contribution in [2.45, 2.75) is 6.92 Å². The third-order valence-corrected chi connectivity index (χ3v) is 4.25. The predicted molar refractivity (Wildman–Crippen MR) is 111 cm³/mol. The monoisotopic (exact) mass is 403 g/mol. The van der Waals surface area contributed by atoms with Gasteiger partial charge in [0.15, 0.2) is 0 Å². The Bertz CT molecular complexity index is 1170. The van der Waals surface area contributed by atoms with E-state index < -0.39 is 10.8 Å². The molecule has 0 fully saturated rings. The van der Waals surface area contributed by atoms with Crippen molar-refractivity contribution in [1.29, 1.82) is 5.26 Å². The smallest absolute Gasteiger partial charge is 0.270 e. The Morgan fingerprint density at radius 2 is 1.93 bits per heavy atom. The van der Waals surface area contributed by atoms with Gasteiger partial charge in [-0.05, 0) is 37.3 Å². The molecule has 0 unspecified atom stereocenters. The van der Waals surface area contributed by atoms with Gasteiger partial charge in [-0.15, -0.1) is 0 Å². The number of nitrogens with one attached hydrogen (secondary N) is 1. The lowest BCUT2D eigenvalue weighted by Crippen LogP contribution is -2.13. The van der Waals surface area contributed by atoms with E-state index >= 15 is 0 Å². The summed E-state index contributed by atoms with van der Waals surface area (Å²) in [6.07, 6.45) is 1.30. The van der Waals surface area contributed by atoms with E-state index in [1.54, 1.807) is 24.3 Å². The molecular formula is C22H17N3O5. The van der Waals surface area contributed by atoms with E-state index in [0.717, 1.165) is 5.56 Å². The Balaban J connectivity index is 1.87. The summed E-state index contributed by atoms with van der Waals surface area (Å²) < 4.78 is 10.9. The van der Waals surface area contributed by atoms with Crippen LogP contribution in [0, 0.1) is 28.4 Å². The molecular weight excluding hydrogens is 386 g/mol. The second kappa shape index (κ2) is 8.75. The first-order chi connectivity index (χ1) is 14.4. The molecule has 0 spiro atoms. The highest BCUT2D eigenvalue weighted by molar-refractivity contribution is 6.09. The number of rotatable bonds is 6. The second-order valence-electron chi connectivity index (χ2n) is 6.33. The van der Waals surface area contributed by atoms with Gasteiger partial charge in [0.05, 0.1) is 17.6 Å². The minimum absolute atomic E-state index is 0.116. The number of methoxy groups -OCH3 is 1. The quantitative estimate of drug-likeness (QED) is 0.275. The fraction of sp³-hybridized carbons (Fsp3) is 0.0909. The molecule has 1 N–H and O–H groups in total. The molecule has 0 aliphatic rings. The summed E-state index contributed by atoms with van der Waals surface area (Å²) >= 11 is 0. The SMILES string of the molecule is COc1ccc([N+](=O)[O-])cc1-c1ccc(/C=C(/C#N)C(=O)Nc2ccc(C)cc2)o1. The largest absolute Gasteiger partial charge is 0.496 e. The molecule has 1 heterocycles. The lowest BCUT2D eigenvalue weighted by molar-refractivity contribution is -0.384. The van der Waals surface area contributed by atoms with Gasteiger partial charge in [0, 0.05) is 23.9 Å². The van der Waals surface area contributed by atoms with Crippen LogP contribution in [0.4, 0.5) is 11.4 Å². The minimum Gasteiger partial charge on any atom is -0.496 e. The topological polar surface area (TPSA) is 118 Å². The van der Waals surface area contributed by atoms with Crippen molar-refractivity contribution in [1.82, 2.24) is 0 Å². The highest BCUT2D eigenvalue weighted by Crippen LogP contribution is 2.34. The fourth-order valence-electron chi connectivity index (χ4n) is 2.70. The number of nitro groups is 1. The molecule has 3 rings (SSSR count). The van der Waals surface area contributed by atoms with Crippen molar-refractivity contribution in [3.05, 3.63) is 81.6 Å². The summed E-state index contributed by atoms with van der Waals surface area (Å²) in [6.45, 7) is 1.93. The van der Waals surface area contributed by atoms with E-state index in [4.69, 9.17) is 9.15 Å². The average molecular weight is 403 g/mol. The molecule has 8 nitrogen and oxygen atoms in total. The van der Waals surface area contributed by atoms with Gasteiger partial charge >= 0.3 is 0 Å². The number of amides is 1. The number of nitriles is 1. The molecule has 0 saturated carbocycles. The zero-order chi connectivity index (χ0) is 21.7. The first-order valence-corrected chi connectivity index (χ1v) is 8.83. The van der Waals surface area contributed by atoms with Crippen LogP contribution < -0.4 is 10.1 Å². The number of hydrogen-bond donors (Lipinski definition) is 1. The highest BCUT2D eigenvalue weighted by atomic mass is 16.6. The number of anilines is 1. The standard InChI is InChI=1S/C22H17N3O5/c1-14-3-5-16(6-4-14)24-22(26)15(13-23)11-18-8-10-21(30-18)19-12-17(25(27)28)7-9-20(19)29-2/h3-12H,1-2H3,(H,24,26)/b15-11-. The maximum atomic E-state index is 12.4. The van der Waals surface area contributed by atoms with Crippen molar-refractivity contribution in [2.75, 3.05) is 12.4 Å². The Hall–Kier alpha value is -4.38. The number of nitrogens with zero attached hydrogens (tertiary/aromatic N) is 2. The van der Waals surface area contributed by atoms with Crippen molar-refractivity contribution in [2.24, 2.45) is 0 Å². The molecule has 8 heteroatoms. The Kier molecular flexibility index (Phi) is 5.94. The molecule has 2 aromatic carbocycles. The van der Waals surface area contributed by atoms with Crippen LogP contribution in [0.1, 0.15) is 11.3 Å². The first kappa shape index (κ1) is 20.4. The van der Waals surface area contributed by atoms with Crippen LogP contribution in [0.5, 0.6) is 5.75 Å². The summed E-state index contributed by atoms with van der Waals surface area (Å²) in [5.41, 5.74) is 1.72. The van der Waals surface area contributed by atoms with Crippen LogP contribution in [0.2, 0.25) is 0 Å². The lowest BCUT2D eigenvalue weighted by atomic mass is 10.1. The Morgan fingerprint density at radius 1 is 1.20 bits per heavy atom. The van der Waals surface area contributed by atoms with Gasteiger partial charge in [0.2, 0.25) is 0 Å². The van der Waals surface area contributed by atoms with Crippen molar-refractivity contribution >= 4 is 23.4 Å². The summed E-state index contributed by atoms with van der Waals surface area (Å²) in [5.74, 6) is 0.363. The van der Waals surface area contributed by atoms with Crippen molar-refractivity contribution < 1.29 is 18.9 Å². The van der Waals surface area contributed by atoms with Gasteiger partial charge in [-0.25, -0.2) is 0 Å². The van der Waals surface area contributed by atoms with Crippen LogP contribution in [0.3, 0.4) is 0 Å². The summed E-state index contributed by atoms with van der Waals surface area (Å²) in [7, 11) is 1.44. The molecule has 0 aliphatic heterocycles. The number of non-ortho nitro benzene ring substituents is 1. The normalized spacial score (nSPS) is 10.9. The Labute approximate surface area is 172 Å². The highest BCUT2D eigenvalue weighted by Gasteiger charge is 2.16. The molecule has 30 heavy (non-hydrogen) atoms. The van der Waals surface area contributed by atoms with E-state index in [2.05, 4.69) is 5.32 Å². The van der Waals surface area contributed by atoms with Crippen LogP contribution in [-0.4, -0.2) is 17.9 Å². The molecule has 0 aliphatic carbocycles. The van der Waals surface area contributed by atoms with Gasteiger partial charge in [0.1, 0.15) is 28.9 Å². The van der Waals surface area contributed by atoms with E-state index in [1.807, 2.05) is 25.1 Å². The number of carbonyl (C=O) groups is 1. The zero-order valence-corrected chi connectivity index (χ0v) is 16.2. The number of benzene rings is 2. The maximum absolute atomic E-state index is 12.4. The predicted octanol–water partition coefficient (Wildman–Crippen LogP) is 4.72. The molecule has 1 aromatic heterocycles. The third kappa shape index (κ3) is 4.54. The summed E-state index contributed by atoms with van der Waals surface area (Å²) in [4.78, 5) is 22.9. The molecule has 0 atom stereocenters. The number of nitro benzene ring substituents is 1. The van der Waals surface area contributed by atoms with Crippen LogP contribution in [0.25, 0.3) is 17.4 Å². The minimum atomic E-state index is -0.577. The zero-order valence-electron chi connectivity index (χ0n) is 16.2. The lowest BCUT2D eigenvalue weighted by Gasteiger charge is -2.06. The number of carbonyl (C=O) groups excluding carboxylic acids is 1. The molecule has 0 bridgehead atoms.